The first-order valence-corrected chi connectivity index (χ1v) is 11.5. The Bertz CT molecular complexity index is 1370. The van der Waals surface area contributed by atoms with Crippen molar-refractivity contribution in [1.29, 1.82) is 0 Å². The zero-order valence-electron chi connectivity index (χ0n) is 19.0. The quantitative estimate of drug-likeness (QED) is 0.384. The third kappa shape index (κ3) is 4.27. The highest BCUT2D eigenvalue weighted by atomic mass is 19.1. The molecular weight excluding hydrogens is 453 g/mol. The van der Waals surface area contributed by atoms with Gasteiger partial charge in [0.2, 0.25) is 5.95 Å². The minimum atomic E-state index is -1.32. The molecule has 4 heterocycles. The van der Waals surface area contributed by atoms with Crippen LogP contribution in [0.25, 0.3) is 16.9 Å². The molecule has 3 N–H and O–H groups in total. The van der Waals surface area contributed by atoms with Crippen molar-refractivity contribution in [2.24, 2.45) is 0 Å². The summed E-state index contributed by atoms with van der Waals surface area (Å²) < 4.78 is 22.4. The Morgan fingerprint density at radius 2 is 2.09 bits per heavy atom. The number of carbonyl (C=O) groups is 1. The third-order valence-corrected chi connectivity index (χ3v) is 6.65. The van der Waals surface area contributed by atoms with Gasteiger partial charge in [0, 0.05) is 59.6 Å². The van der Waals surface area contributed by atoms with Crippen LogP contribution in [0.5, 0.6) is 0 Å². The van der Waals surface area contributed by atoms with Crippen molar-refractivity contribution >= 4 is 23.5 Å². The average molecular weight is 478 g/mol. The molecule has 4 aromatic heterocycles. The van der Waals surface area contributed by atoms with Gasteiger partial charge in [0.05, 0.1) is 5.69 Å². The largest absolute Gasteiger partial charge is 0.443 e. The number of rotatable bonds is 6. The summed E-state index contributed by atoms with van der Waals surface area (Å²) >= 11 is 0. The van der Waals surface area contributed by atoms with Crippen LogP contribution in [0.3, 0.4) is 0 Å². The second-order valence-electron chi connectivity index (χ2n) is 9.34. The standard InChI is InChI=1S/C23H24FN9O2/c1-23(4-5-23)30-22(34)35-17-3-2-14(20(17)24)16-8-18(32-31-16)29-21-28-15(13-10-25-12-26-11-13)9-19-27-6-7-33(19)21/h6-12,14,17,20H,2-5H2,1H3,(H,30,34)(H2,28,29,31,32)/t14-,17-,20+/m1/s1. The van der Waals surface area contributed by atoms with E-state index in [-0.39, 0.29) is 5.54 Å². The van der Waals surface area contributed by atoms with Crippen LogP contribution in [0.1, 0.15) is 44.2 Å². The van der Waals surface area contributed by atoms with Gasteiger partial charge in [-0.25, -0.2) is 29.1 Å². The van der Waals surface area contributed by atoms with E-state index in [9.17, 15) is 4.79 Å². The number of alkyl halides is 1. The third-order valence-electron chi connectivity index (χ3n) is 6.65. The van der Waals surface area contributed by atoms with Gasteiger partial charge in [-0.2, -0.15) is 5.10 Å². The molecule has 12 heteroatoms. The molecule has 4 aromatic rings. The van der Waals surface area contributed by atoms with Crippen LogP contribution in [-0.4, -0.2) is 58.4 Å². The number of amides is 1. The molecule has 3 atom stereocenters. The first kappa shape index (κ1) is 21.4. The number of nitrogens with zero attached hydrogens (tertiary/aromatic N) is 6. The molecule has 6 rings (SSSR count). The fourth-order valence-corrected chi connectivity index (χ4v) is 4.39. The summed E-state index contributed by atoms with van der Waals surface area (Å²) in [5.41, 5.74) is 2.52. The number of hydrogen-bond acceptors (Lipinski definition) is 8. The second kappa shape index (κ2) is 8.29. The number of nitrogens with one attached hydrogen (secondary N) is 3. The zero-order valence-corrected chi connectivity index (χ0v) is 19.0. The molecule has 180 valence electrons. The molecule has 0 aliphatic heterocycles. The number of aromatic nitrogens is 7. The number of ether oxygens (including phenoxy) is 1. The molecule has 2 aliphatic carbocycles. The molecule has 2 aliphatic rings. The van der Waals surface area contributed by atoms with Crippen molar-refractivity contribution in [3.8, 4) is 11.3 Å². The summed E-state index contributed by atoms with van der Waals surface area (Å²) in [6, 6.07) is 3.60. The van der Waals surface area contributed by atoms with Crippen LogP contribution in [-0.2, 0) is 4.74 Å². The average Bonchev–Trinajstić information content (AvgIpc) is 3.22. The number of alkyl carbamates (subject to hydrolysis) is 1. The number of anilines is 2. The van der Waals surface area contributed by atoms with E-state index >= 15 is 4.39 Å². The van der Waals surface area contributed by atoms with E-state index in [0.717, 1.165) is 18.4 Å². The lowest BCUT2D eigenvalue weighted by molar-refractivity contribution is 0.0546. The number of fused-ring (bicyclic) bond motifs is 1. The summed E-state index contributed by atoms with van der Waals surface area (Å²) in [6.45, 7) is 1.95. The fraction of sp³-hybridized carbons (Fsp3) is 0.391. The Kier molecular flexibility index (Phi) is 5.08. The molecular formula is C23H24FN9O2. The van der Waals surface area contributed by atoms with E-state index in [0.29, 0.717) is 41.6 Å². The fourth-order valence-electron chi connectivity index (χ4n) is 4.39. The molecule has 0 bridgehead atoms. The van der Waals surface area contributed by atoms with Gasteiger partial charge in [-0.3, -0.25) is 9.50 Å². The molecule has 0 saturated heterocycles. The van der Waals surface area contributed by atoms with Crippen molar-refractivity contribution in [3.63, 3.8) is 0 Å². The Morgan fingerprint density at radius 3 is 2.89 bits per heavy atom. The number of imidazole rings is 1. The molecule has 2 saturated carbocycles. The van der Waals surface area contributed by atoms with Gasteiger partial charge in [-0.15, -0.1) is 0 Å². The lowest BCUT2D eigenvalue weighted by atomic mass is 10.0. The van der Waals surface area contributed by atoms with Crippen LogP contribution < -0.4 is 10.6 Å². The summed E-state index contributed by atoms with van der Waals surface area (Å²) in [5.74, 6) is 0.535. The van der Waals surface area contributed by atoms with Gasteiger partial charge < -0.3 is 15.4 Å². The zero-order chi connectivity index (χ0) is 24.0. The monoisotopic (exact) mass is 477 g/mol. The van der Waals surface area contributed by atoms with Gasteiger partial charge in [-0.05, 0) is 32.6 Å². The Balaban J connectivity index is 1.18. The maximum absolute atomic E-state index is 15.2. The van der Waals surface area contributed by atoms with Gasteiger partial charge in [0.15, 0.2) is 5.82 Å². The van der Waals surface area contributed by atoms with Crippen molar-refractivity contribution < 1.29 is 13.9 Å². The summed E-state index contributed by atoms with van der Waals surface area (Å²) in [7, 11) is 0. The molecule has 0 aromatic carbocycles. The highest BCUT2D eigenvalue weighted by Crippen LogP contribution is 2.39. The van der Waals surface area contributed by atoms with Crippen LogP contribution in [0, 0.1) is 0 Å². The lowest BCUT2D eigenvalue weighted by Gasteiger charge is -2.19. The van der Waals surface area contributed by atoms with Crippen molar-refractivity contribution in [2.75, 3.05) is 5.32 Å². The van der Waals surface area contributed by atoms with Crippen LogP contribution in [0.4, 0.5) is 21.0 Å². The SMILES string of the molecule is CC1(NC(=O)O[C@@H]2CC[C@H](c3cc(Nc4nc(-c5cncnc5)cc5nccn45)n[nH]3)[C@@H]2F)CC1. The van der Waals surface area contributed by atoms with Gasteiger partial charge in [-0.1, -0.05) is 0 Å². The molecule has 11 nitrogen and oxygen atoms in total. The van der Waals surface area contributed by atoms with Crippen LogP contribution in [0.15, 0.2) is 43.2 Å². The molecule has 0 radical (unpaired) electrons. The van der Waals surface area contributed by atoms with E-state index in [1.807, 2.05) is 13.0 Å². The highest BCUT2D eigenvalue weighted by Gasteiger charge is 2.43. The van der Waals surface area contributed by atoms with E-state index in [1.165, 1.54) is 6.33 Å². The lowest BCUT2D eigenvalue weighted by Crippen LogP contribution is -2.38. The second-order valence-corrected chi connectivity index (χ2v) is 9.34. The van der Waals surface area contributed by atoms with E-state index < -0.39 is 24.3 Å². The number of hydrogen-bond donors (Lipinski definition) is 3. The minimum Gasteiger partial charge on any atom is -0.443 e. The maximum atomic E-state index is 15.2. The normalized spacial score (nSPS) is 22.7. The van der Waals surface area contributed by atoms with Crippen molar-refractivity contribution in [3.05, 3.63) is 48.9 Å². The van der Waals surface area contributed by atoms with Crippen LogP contribution >= 0.6 is 0 Å². The molecule has 0 unspecified atom stereocenters. The van der Waals surface area contributed by atoms with E-state index in [2.05, 4.69) is 40.8 Å². The first-order chi connectivity index (χ1) is 17.0. The van der Waals surface area contributed by atoms with E-state index in [4.69, 9.17) is 4.74 Å². The van der Waals surface area contributed by atoms with Gasteiger partial charge >= 0.3 is 6.09 Å². The van der Waals surface area contributed by atoms with Crippen molar-refractivity contribution in [1.82, 2.24) is 39.9 Å². The van der Waals surface area contributed by atoms with Gasteiger partial charge in [0.1, 0.15) is 24.3 Å². The summed E-state index contributed by atoms with van der Waals surface area (Å²) in [4.78, 5) is 29.3. The highest BCUT2D eigenvalue weighted by molar-refractivity contribution is 5.69. The summed E-state index contributed by atoms with van der Waals surface area (Å²) in [5, 5.41) is 13.2. The summed E-state index contributed by atoms with van der Waals surface area (Å²) in [6.07, 6.45) is 8.46. The smallest absolute Gasteiger partial charge is 0.407 e. The molecule has 0 spiro atoms. The molecule has 35 heavy (non-hydrogen) atoms. The Labute approximate surface area is 199 Å². The Hall–Kier alpha value is -4.09. The first-order valence-electron chi connectivity index (χ1n) is 11.5. The minimum absolute atomic E-state index is 0.204. The molecule has 2 fully saturated rings. The predicted octanol–water partition coefficient (Wildman–Crippen LogP) is 3.52. The predicted molar refractivity (Wildman–Crippen MR) is 124 cm³/mol. The van der Waals surface area contributed by atoms with Crippen LogP contribution in [0.2, 0.25) is 0 Å². The molecule has 1 amide bonds. The topological polar surface area (TPSA) is 135 Å². The van der Waals surface area contributed by atoms with E-state index in [1.54, 1.807) is 35.3 Å². The maximum Gasteiger partial charge on any atom is 0.407 e. The number of H-pyrrole nitrogens is 1. The van der Waals surface area contributed by atoms with Crippen molar-refractivity contribution in [2.45, 2.75) is 56.3 Å². The van der Waals surface area contributed by atoms with Gasteiger partial charge in [0.25, 0.3) is 0 Å². The number of halogens is 1. The number of aromatic amines is 1. The Morgan fingerprint density at radius 1 is 1.26 bits per heavy atom. The number of carbonyl (C=O) groups excluding carboxylic acids is 1.